The van der Waals surface area contributed by atoms with Crippen molar-refractivity contribution in [2.45, 2.75) is 92.1 Å². The van der Waals surface area contributed by atoms with Crippen LogP contribution in [0.4, 0.5) is 17.1 Å². The summed E-state index contributed by atoms with van der Waals surface area (Å²) in [4.78, 5) is 16.4. The van der Waals surface area contributed by atoms with Gasteiger partial charge >= 0.3 is 106 Å². The molecule has 0 aromatic heterocycles. The van der Waals surface area contributed by atoms with Gasteiger partial charge in [0.25, 0.3) is 0 Å². The number of benzene rings is 3. The third kappa shape index (κ3) is 8.31. The number of hydrogen-bond donors (Lipinski definition) is 1. The Bertz CT molecular complexity index is 1410. The summed E-state index contributed by atoms with van der Waals surface area (Å²) in [6.07, 6.45) is -0.492. The van der Waals surface area contributed by atoms with Crippen molar-refractivity contribution in [2.24, 2.45) is 0 Å². The molecule has 1 atom stereocenters. The van der Waals surface area contributed by atoms with E-state index in [1.807, 2.05) is 12.1 Å². The zero-order valence-electron chi connectivity index (χ0n) is 28.0. The Morgan fingerprint density at radius 2 is 1.20 bits per heavy atom. The topological polar surface area (TPSA) is 44.8 Å². The van der Waals surface area contributed by atoms with E-state index in [2.05, 4.69) is 114 Å². The zero-order valence-corrected chi connectivity index (χ0v) is 31.2. The average Bonchev–Trinajstić information content (AvgIpc) is 3.47. The third-order valence-electron chi connectivity index (χ3n) is 8.27. The molecule has 3 aromatic carbocycles. The second kappa shape index (κ2) is 15.5. The maximum absolute atomic E-state index is 11.4. The minimum absolute atomic E-state index is 0.143. The fraction of sp³-hybridized carbons (Fsp3) is 0.432. The Kier molecular flexibility index (Phi) is 12.2. The molecule has 5 rings (SSSR count). The first kappa shape index (κ1) is 35.5. The third-order valence-corrected chi connectivity index (χ3v) is 10.1. The number of carbonyl (C=O) groups excluding carboxylic acids is 1. The van der Waals surface area contributed by atoms with Gasteiger partial charge in [-0.05, 0) is 45.9 Å². The van der Waals surface area contributed by atoms with Crippen molar-refractivity contribution in [1.29, 1.82) is 0 Å². The molecule has 1 N–H and O–H groups in total. The summed E-state index contributed by atoms with van der Waals surface area (Å²) < 4.78 is 7.34. The van der Waals surface area contributed by atoms with Crippen molar-refractivity contribution in [3.63, 3.8) is 0 Å². The standard InChI is InChI=1S/C27H39N2.C10H9NO2.2ClH.Ru/c1-18(2)22-11-9-12-23(19(3)4)26(22)28-15-16-29(17-28)27-24(20(5)6)13-10-14-25(27)21(7)8;1-6-4-3-5-8-9(6)13-7(2)10(12)11-8;;;/h9-14,17-21H,15-16H2,1-8H3;1,3-5,7H,2H3,(H,11,12);2*1H;/q-1;;;;+2/p-2. The second-order valence-electron chi connectivity index (χ2n) is 13.0. The number of nitrogens with zero attached hydrogens (tertiary/aromatic N) is 2. The van der Waals surface area contributed by atoms with Crippen LogP contribution >= 0.6 is 19.4 Å². The first-order valence-corrected chi connectivity index (χ1v) is 21.4. The summed E-state index contributed by atoms with van der Waals surface area (Å²) in [7, 11) is 11.7. The summed E-state index contributed by atoms with van der Waals surface area (Å²) in [6, 6.07) is 19.2. The number of rotatable bonds is 7. The van der Waals surface area contributed by atoms with Crippen molar-refractivity contribution < 1.29 is 23.0 Å². The number of amides is 1. The fourth-order valence-corrected chi connectivity index (χ4v) is 7.73. The second-order valence-corrected chi connectivity index (χ2v) is 18.7. The molecule has 1 unspecified atom stereocenters. The van der Waals surface area contributed by atoms with E-state index in [4.69, 9.17) is 24.1 Å². The van der Waals surface area contributed by atoms with Crippen LogP contribution in [0.2, 0.25) is 0 Å². The van der Waals surface area contributed by atoms with E-state index in [9.17, 15) is 4.79 Å². The van der Waals surface area contributed by atoms with Crippen LogP contribution in [0.15, 0.2) is 54.6 Å². The molecule has 0 aliphatic carbocycles. The molecule has 3 aromatic rings. The van der Waals surface area contributed by atoms with Crippen LogP contribution in [0, 0.1) is 6.67 Å². The molecular weight excluding hydrogens is 690 g/mol. The Hall–Kier alpha value is -2.40. The van der Waals surface area contributed by atoms with Gasteiger partial charge < -0.3 is 9.80 Å². The van der Waals surface area contributed by atoms with Gasteiger partial charge in [-0.3, -0.25) is 0 Å². The van der Waals surface area contributed by atoms with Gasteiger partial charge in [0, 0.05) is 24.5 Å². The quantitative estimate of drug-likeness (QED) is 0.194. The van der Waals surface area contributed by atoms with Gasteiger partial charge in [0.1, 0.15) is 0 Å². The van der Waals surface area contributed by atoms with Crippen LogP contribution in [0.5, 0.6) is 5.75 Å². The van der Waals surface area contributed by atoms with Gasteiger partial charge in [0.15, 0.2) is 0 Å². The minimum atomic E-state index is -1.90. The van der Waals surface area contributed by atoms with Gasteiger partial charge in [-0.2, -0.15) is 6.67 Å². The molecule has 8 heteroatoms. The molecule has 246 valence electrons. The zero-order chi connectivity index (χ0) is 33.0. The van der Waals surface area contributed by atoms with Crippen LogP contribution < -0.4 is 19.9 Å². The van der Waals surface area contributed by atoms with Gasteiger partial charge in [-0.1, -0.05) is 91.8 Å². The number of nitrogens with one attached hydrogen (secondary N) is 1. The molecule has 1 amide bonds. The number of ether oxygens (including phenoxy) is 1. The summed E-state index contributed by atoms with van der Waals surface area (Å²) in [5.74, 6) is 2.56. The molecular formula is C37H48Cl2N3O2Ru-. The number of halogens is 2. The number of fused-ring (bicyclic) bond motifs is 1. The van der Waals surface area contributed by atoms with Crippen LogP contribution in [-0.4, -0.2) is 29.7 Å². The van der Waals surface area contributed by atoms with Crippen molar-refractivity contribution in [2.75, 3.05) is 28.2 Å². The number of para-hydroxylation sites is 3. The van der Waals surface area contributed by atoms with Crippen molar-refractivity contribution >= 4 is 47.0 Å². The molecule has 45 heavy (non-hydrogen) atoms. The fourth-order valence-electron chi connectivity index (χ4n) is 5.94. The van der Waals surface area contributed by atoms with Gasteiger partial charge in [0.05, 0.1) is 0 Å². The van der Waals surface area contributed by atoms with E-state index in [1.165, 1.54) is 33.6 Å². The molecule has 5 nitrogen and oxygen atoms in total. The average molecular weight is 739 g/mol. The Morgan fingerprint density at radius 3 is 1.60 bits per heavy atom. The van der Waals surface area contributed by atoms with E-state index < -0.39 is 19.6 Å². The van der Waals surface area contributed by atoms with Crippen molar-refractivity contribution in [1.82, 2.24) is 0 Å². The van der Waals surface area contributed by atoms with E-state index in [0.29, 0.717) is 35.1 Å². The molecule has 2 aliphatic rings. The van der Waals surface area contributed by atoms with Crippen molar-refractivity contribution in [3.8, 4) is 5.75 Å². The van der Waals surface area contributed by atoms with Gasteiger partial charge in [-0.15, -0.1) is 0 Å². The monoisotopic (exact) mass is 738 g/mol. The maximum atomic E-state index is 11.4. The Balaban J connectivity index is 0.000000242. The van der Waals surface area contributed by atoms with Crippen LogP contribution in [0.1, 0.15) is 114 Å². The van der Waals surface area contributed by atoms with Crippen molar-refractivity contribution in [3.05, 3.63) is 89.1 Å². The predicted octanol–water partition coefficient (Wildman–Crippen LogP) is 10.1. The first-order chi connectivity index (χ1) is 21.3. The molecule has 1 fully saturated rings. The van der Waals surface area contributed by atoms with E-state index in [0.717, 1.165) is 18.7 Å². The molecule has 0 saturated carbocycles. The molecule has 0 spiro atoms. The van der Waals surface area contributed by atoms with E-state index in [-0.39, 0.29) is 5.91 Å². The Morgan fingerprint density at radius 1 is 0.778 bits per heavy atom. The predicted molar refractivity (Wildman–Crippen MR) is 190 cm³/mol. The summed E-state index contributed by atoms with van der Waals surface area (Å²) in [5.41, 5.74) is 10.2. The molecule has 0 bridgehead atoms. The summed E-state index contributed by atoms with van der Waals surface area (Å²) in [6.45, 7) is 24.6. The number of anilines is 3. The molecule has 2 aliphatic heterocycles. The van der Waals surface area contributed by atoms with Gasteiger partial charge in [-0.25, -0.2) is 0 Å². The van der Waals surface area contributed by atoms with E-state index >= 15 is 0 Å². The van der Waals surface area contributed by atoms with Crippen LogP contribution in [0.3, 0.4) is 0 Å². The first-order valence-electron chi connectivity index (χ1n) is 15.9. The van der Waals surface area contributed by atoms with Crippen LogP contribution in [-0.2, 0) is 18.3 Å². The van der Waals surface area contributed by atoms with Crippen LogP contribution in [0.25, 0.3) is 0 Å². The Labute approximate surface area is 283 Å². The SMILES string of the molecule is CC(C)c1cccc(C(C)C)c1N1[CH-]N(c2c(C(C)C)cccc2C(C)C)CC1.CC1Oc2c([CH]=[Ru]([Cl])[Cl])cccc2NC1=O. The summed E-state index contributed by atoms with van der Waals surface area (Å²) >= 11 is -1.90. The number of carbonyl (C=O) groups is 1. The summed E-state index contributed by atoms with van der Waals surface area (Å²) in [5, 5.41) is 2.77. The molecule has 2 heterocycles. The van der Waals surface area contributed by atoms with Gasteiger partial charge in [0.2, 0.25) is 0 Å². The molecule has 1 saturated heterocycles. The molecule has 0 radical (unpaired) electrons. The van der Waals surface area contributed by atoms with E-state index in [1.54, 1.807) is 17.6 Å². The number of hydrogen-bond acceptors (Lipinski definition) is 4. The normalized spacial score (nSPS) is 16.5.